The Morgan fingerprint density at radius 1 is 1.00 bits per heavy atom. The number of hydrogen-bond donors (Lipinski definition) is 2. The van der Waals surface area contributed by atoms with E-state index < -0.39 is 29.6 Å². The number of aliphatic hydroxyl groups excluding tert-OH is 2. The van der Waals surface area contributed by atoms with Crippen molar-refractivity contribution in [3.63, 3.8) is 0 Å². The van der Waals surface area contributed by atoms with Crippen LogP contribution in [0.3, 0.4) is 0 Å². The van der Waals surface area contributed by atoms with Crippen molar-refractivity contribution in [3.05, 3.63) is 73.6 Å². The van der Waals surface area contributed by atoms with Gasteiger partial charge in [0.25, 0.3) is 0 Å². The minimum atomic E-state index is -1.69. The van der Waals surface area contributed by atoms with E-state index in [9.17, 15) is 19.8 Å². The standard InChI is InChI=1S/C20H10Cl2O7/c21-7-1-3-11-9(5-7)16(23)14(19(25)27-11)13-15-17(29-18(13)24)10-6-8(22)2-4-12(10)28-20(15)26/h1-6,13,19,23,25H. The molecule has 2 aromatic carbocycles. The second-order valence-electron chi connectivity index (χ2n) is 6.54. The number of ether oxygens (including phenoxy) is 2. The van der Waals surface area contributed by atoms with Crippen LogP contribution in [-0.4, -0.2) is 22.5 Å². The molecule has 0 bridgehead atoms. The normalized spacial score (nSPS) is 20.3. The van der Waals surface area contributed by atoms with Gasteiger partial charge in [-0.3, -0.25) is 4.79 Å². The van der Waals surface area contributed by atoms with Gasteiger partial charge in [0.2, 0.25) is 6.29 Å². The van der Waals surface area contributed by atoms with E-state index in [0.29, 0.717) is 15.4 Å². The monoisotopic (exact) mass is 432 g/mol. The van der Waals surface area contributed by atoms with E-state index >= 15 is 0 Å². The molecule has 9 heteroatoms. The van der Waals surface area contributed by atoms with Gasteiger partial charge in [-0.2, -0.15) is 0 Å². The Labute approximate surface area is 172 Å². The zero-order valence-corrected chi connectivity index (χ0v) is 15.8. The number of hydrogen-bond acceptors (Lipinski definition) is 7. The SMILES string of the molecule is O=C1Oc2c(c(=O)oc3ccc(Cl)cc23)C1C1=C(O)c2cc(Cl)ccc2OC1O. The molecule has 2 N–H and O–H groups in total. The van der Waals surface area contributed by atoms with E-state index in [-0.39, 0.29) is 33.8 Å². The Morgan fingerprint density at radius 2 is 1.72 bits per heavy atom. The first-order chi connectivity index (χ1) is 13.8. The average Bonchev–Trinajstić information content (AvgIpc) is 3.01. The first-order valence-corrected chi connectivity index (χ1v) is 9.16. The first-order valence-electron chi connectivity index (χ1n) is 8.41. The van der Waals surface area contributed by atoms with Gasteiger partial charge in [-0.1, -0.05) is 23.2 Å². The number of rotatable bonds is 1. The molecule has 2 atom stereocenters. The van der Waals surface area contributed by atoms with Crippen molar-refractivity contribution in [2.24, 2.45) is 0 Å². The summed E-state index contributed by atoms with van der Waals surface area (Å²) in [7, 11) is 0. The topological polar surface area (TPSA) is 106 Å². The highest BCUT2D eigenvalue weighted by atomic mass is 35.5. The van der Waals surface area contributed by atoms with Gasteiger partial charge in [-0.05, 0) is 36.4 Å². The van der Waals surface area contributed by atoms with E-state index in [2.05, 4.69) is 0 Å². The van der Waals surface area contributed by atoms with Gasteiger partial charge in [0.05, 0.1) is 22.1 Å². The average molecular weight is 433 g/mol. The maximum absolute atomic E-state index is 12.7. The molecule has 0 fully saturated rings. The summed E-state index contributed by atoms with van der Waals surface area (Å²) in [5.41, 5.74) is -0.874. The maximum atomic E-state index is 12.7. The van der Waals surface area contributed by atoms with E-state index in [0.717, 1.165) is 0 Å². The van der Waals surface area contributed by atoms with Gasteiger partial charge in [0.15, 0.2) is 5.75 Å². The number of aliphatic hydroxyl groups is 2. The fourth-order valence-electron chi connectivity index (χ4n) is 3.61. The molecule has 7 nitrogen and oxygen atoms in total. The molecule has 5 rings (SSSR count). The van der Waals surface area contributed by atoms with Crippen LogP contribution in [0.1, 0.15) is 17.0 Å². The molecule has 0 aliphatic carbocycles. The van der Waals surface area contributed by atoms with Crippen LogP contribution in [0.2, 0.25) is 10.0 Å². The smallest absolute Gasteiger partial charge is 0.344 e. The Balaban J connectivity index is 1.78. The molecule has 2 aliphatic rings. The van der Waals surface area contributed by atoms with Crippen molar-refractivity contribution in [1.82, 2.24) is 0 Å². The largest absolute Gasteiger partial charge is 0.507 e. The second-order valence-corrected chi connectivity index (χ2v) is 7.41. The Bertz CT molecular complexity index is 1310. The van der Waals surface area contributed by atoms with E-state index in [1.54, 1.807) is 0 Å². The summed E-state index contributed by atoms with van der Waals surface area (Å²) >= 11 is 12.0. The van der Waals surface area contributed by atoms with Gasteiger partial charge in [-0.15, -0.1) is 0 Å². The van der Waals surface area contributed by atoms with Crippen molar-refractivity contribution in [1.29, 1.82) is 0 Å². The zero-order valence-electron chi connectivity index (χ0n) is 14.3. The predicted octanol–water partition coefficient (Wildman–Crippen LogP) is 3.78. The fourth-order valence-corrected chi connectivity index (χ4v) is 3.95. The molecule has 0 radical (unpaired) electrons. The lowest BCUT2D eigenvalue weighted by molar-refractivity contribution is -0.134. The van der Waals surface area contributed by atoms with Crippen molar-refractivity contribution >= 4 is 45.9 Å². The highest BCUT2D eigenvalue weighted by Gasteiger charge is 2.46. The molecule has 2 unspecified atom stereocenters. The van der Waals surface area contributed by atoms with Gasteiger partial charge in [0, 0.05) is 10.0 Å². The van der Waals surface area contributed by atoms with Crippen LogP contribution in [-0.2, 0) is 4.79 Å². The van der Waals surface area contributed by atoms with Crippen LogP contribution < -0.4 is 15.1 Å². The van der Waals surface area contributed by atoms with Crippen LogP contribution in [0.5, 0.6) is 11.5 Å². The molecular weight excluding hydrogens is 423 g/mol. The molecule has 29 heavy (non-hydrogen) atoms. The number of carbonyl (C=O) groups excluding carboxylic acids is 1. The van der Waals surface area contributed by atoms with Crippen LogP contribution in [0.4, 0.5) is 0 Å². The summed E-state index contributed by atoms with van der Waals surface area (Å²) in [5, 5.41) is 22.2. The Hall–Kier alpha value is -3.00. The summed E-state index contributed by atoms with van der Waals surface area (Å²) in [6, 6.07) is 8.91. The van der Waals surface area contributed by atoms with E-state index in [4.69, 9.17) is 37.1 Å². The Morgan fingerprint density at radius 3 is 2.52 bits per heavy atom. The molecular formula is C20H10Cl2O7. The molecule has 1 aromatic heterocycles. The highest BCUT2D eigenvalue weighted by molar-refractivity contribution is 6.31. The summed E-state index contributed by atoms with van der Waals surface area (Å²) < 4.78 is 16.0. The molecule has 0 amide bonds. The number of esters is 1. The molecule has 0 saturated carbocycles. The van der Waals surface area contributed by atoms with Gasteiger partial charge in [-0.25, -0.2) is 4.79 Å². The number of benzene rings is 2. The highest BCUT2D eigenvalue weighted by Crippen LogP contribution is 2.47. The van der Waals surface area contributed by atoms with Crippen molar-refractivity contribution in [3.8, 4) is 11.5 Å². The minimum Gasteiger partial charge on any atom is -0.507 e. The third kappa shape index (κ3) is 2.62. The third-order valence-electron chi connectivity index (χ3n) is 4.87. The predicted molar refractivity (Wildman–Crippen MR) is 104 cm³/mol. The zero-order chi connectivity index (χ0) is 20.4. The van der Waals surface area contributed by atoms with E-state index in [1.807, 2.05) is 0 Å². The van der Waals surface area contributed by atoms with Crippen LogP contribution >= 0.6 is 23.2 Å². The molecule has 0 saturated heterocycles. The fraction of sp³-hybridized carbons (Fsp3) is 0.100. The maximum Gasteiger partial charge on any atom is 0.344 e. The molecule has 3 heterocycles. The van der Waals surface area contributed by atoms with Crippen LogP contribution in [0.25, 0.3) is 16.7 Å². The minimum absolute atomic E-state index is 0.0295. The van der Waals surface area contributed by atoms with Crippen molar-refractivity contribution in [2.45, 2.75) is 12.2 Å². The quantitative estimate of drug-likeness (QED) is 0.444. The number of carbonyl (C=O) groups is 1. The summed E-state index contributed by atoms with van der Waals surface area (Å²) in [6.07, 6.45) is -1.69. The van der Waals surface area contributed by atoms with Gasteiger partial charge in [0.1, 0.15) is 23.0 Å². The first kappa shape index (κ1) is 18.1. The van der Waals surface area contributed by atoms with Crippen molar-refractivity contribution < 1.29 is 28.9 Å². The lowest BCUT2D eigenvalue weighted by atomic mass is 9.88. The lowest BCUT2D eigenvalue weighted by Gasteiger charge is -2.27. The van der Waals surface area contributed by atoms with Gasteiger partial charge >= 0.3 is 11.6 Å². The molecule has 3 aromatic rings. The van der Waals surface area contributed by atoms with Crippen molar-refractivity contribution in [2.75, 3.05) is 0 Å². The lowest BCUT2D eigenvalue weighted by Crippen LogP contribution is -2.31. The summed E-state index contributed by atoms with van der Waals surface area (Å²) in [6.45, 7) is 0. The summed E-state index contributed by atoms with van der Waals surface area (Å²) in [4.78, 5) is 25.3. The number of halogens is 2. The van der Waals surface area contributed by atoms with Crippen LogP contribution in [0.15, 0.2) is 51.2 Å². The Kier molecular flexibility index (Phi) is 3.89. The molecule has 146 valence electrons. The third-order valence-corrected chi connectivity index (χ3v) is 5.34. The second kappa shape index (κ2) is 6.25. The molecule has 0 spiro atoms. The van der Waals surface area contributed by atoms with Crippen LogP contribution in [0, 0.1) is 0 Å². The summed E-state index contributed by atoms with van der Waals surface area (Å²) in [5.74, 6) is -2.58. The van der Waals surface area contributed by atoms with Gasteiger partial charge < -0.3 is 24.1 Å². The molecule has 2 aliphatic heterocycles. The number of fused-ring (bicyclic) bond motifs is 4. The van der Waals surface area contributed by atoms with E-state index in [1.165, 1.54) is 36.4 Å².